The minimum Gasteiger partial charge on any atom is -0.383 e. The van der Waals surface area contributed by atoms with Crippen LogP contribution < -0.4 is 10.6 Å². The zero-order valence-corrected chi connectivity index (χ0v) is 9.19. The van der Waals surface area contributed by atoms with Crippen molar-refractivity contribution in [2.24, 2.45) is 0 Å². The zero-order valence-electron chi connectivity index (χ0n) is 9.19. The smallest absolute Gasteiger partial charge is 0.0340 e. The van der Waals surface area contributed by atoms with Crippen molar-refractivity contribution in [3.63, 3.8) is 0 Å². The second-order valence-electron chi connectivity index (χ2n) is 3.59. The van der Waals surface area contributed by atoms with Crippen LogP contribution in [0.1, 0.15) is 0 Å². The maximum absolute atomic E-state index is 3.35. The molecular weight excluding hydrogens is 242 g/mol. The summed E-state index contributed by atoms with van der Waals surface area (Å²) >= 11 is 0. The molecule has 0 unspecified atom stereocenters. The Balaban J connectivity index is 0.00000144. The van der Waals surface area contributed by atoms with Crippen LogP contribution in [0.3, 0.4) is 0 Å². The van der Waals surface area contributed by atoms with E-state index in [0.717, 1.165) is 24.5 Å². The van der Waals surface area contributed by atoms with Crippen LogP contribution in [0.25, 0.3) is 0 Å². The van der Waals surface area contributed by atoms with E-state index in [1.807, 2.05) is 36.4 Å². The summed E-state index contributed by atoms with van der Waals surface area (Å²) in [6.07, 6.45) is 0. The van der Waals surface area contributed by atoms with Gasteiger partial charge in [0.05, 0.1) is 0 Å². The molecule has 0 aliphatic carbocycles. The minimum atomic E-state index is 0. The molecule has 2 N–H and O–H groups in total. The summed E-state index contributed by atoms with van der Waals surface area (Å²) in [5.74, 6) is 0. The van der Waals surface area contributed by atoms with Gasteiger partial charge in [-0.25, -0.2) is 0 Å². The topological polar surface area (TPSA) is 24.1 Å². The van der Waals surface area contributed by atoms with Crippen molar-refractivity contribution in [2.75, 3.05) is 23.7 Å². The average Bonchev–Trinajstić information content (AvgIpc) is 2.37. The first-order chi connectivity index (χ1) is 7.95. The van der Waals surface area contributed by atoms with Crippen molar-refractivity contribution in [3.8, 4) is 0 Å². The Bertz CT molecular complexity index is 365. The Kier molecular flexibility index (Phi) is 10.9. The van der Waals surface area contributed by atoms with Crippen LogP contribution in [0.15, 0.2) is 60.7 Å². The molecule has 0 saturated heterocycles. The first-order valence-electron chi connectivity index (χ1n) is 5.53. The second-order valence-corrected chi connectivity index (χ2v) is 3.59. The van der Waals surface area contributed by atoms with Crippen LogP contribution in [0.5, 0.6) is 0 Å². The number of nitrogens with one attached hydrogen (secondary N) is 2. The Labute approximate surface area is 153 Å². The van der Waals surface area contributed by atoms with Gasteiger partial charge in [0.25, 0.3) is 0 Å². The largest absolute Gasteiger partial charge is 0.383 e. The SMILES string of the molecule is [NaH].[NaH].c1ccc(NCCNc2ccccc2)cc1. The number of hydrogen-bond donors (Lipinski definition) is 2. The third-order valence-corrected chi connectivity index (χ3v) is 2.33. The molecule has 2 rings (SSSR count). The fourth-order valence-corrected chi connectivity index (χ4v) is 1.53. The molecule has 0 saturated carbocycles. The first kappa shape index (κ1) is 18.0. The van der Waals surface area contributed by atoms with Gasteiger partial charge >= 0.3 is 59.1 Å². The van der Waals surface area contributed by atoms with Gasteiger partial charge in [0.2, 0.25) is 0 Å². The van der Waals surface area contributed by atoms with E-state index in [-0.39, 0.29) is 59.1 Å². The van der Waals surface area contributed by atoms with E-state index in [1.54, 1.807) is 0 Å². The van der Waals surface area contributed by atoms with E-state index >= 15 is 0 Å². The number of benzene rings is 2. The van der Waals surface area contributed by atoms with Gasteiger partial charge in [0.1, 0.15) is 0 Å². The predicted molar refractivity (Wildman–Crippen MR) is 84.2 cm³/mol. The molecule has 0 aliphatic rings. The van der Waals surface area contributed by atoms with Crippen LogP contribution in [-0.2, 0) is 0 Å². The fourth-order valence-electron chi connectivity index (χ4n) is 1.53. The molecule has 2 aromatic rings. The van der Waals surface area contributed by atoms with Gasteiger partial charge in [-0.15, -0.1) is 0 Å². The fraction of sp³-hybridized carbons (Fsp3) is 0.143. The van der Waals surface area contributed by atoms with Crippen molar-refractivity contribution in [2.45, 2.75) is 0 Å². The maximum Gasteiger partial charge on any atom is 0.0340 e. The first-order valence-corrected chi connectivity index (χ1v) is 5.53. The zero-order chi connectivity index (χ0) is 11.1. The molecule has 0 aliphatic heterocycles. The molecule has 0 heterocycles. The molecule has 0 radical (unpaired) electrons. The van der Waals surface area contributed by atoms with Crippen molar-refractivity contribution in [1.29, 1.82) is 0 Å². The predicted octanol–water partition coefficient (Wildman–Crippen LogP) is 1.91. The van der Waals surface area contributed by atoms with Crippen molar-refractivity contribution < 1.29 is 0 Å². The van der Waals surface area contributed by atoms with E-state index in [9.17, 15) is 0 Å². The van der Waals surface area contributed by atoms with E-state index in [2.05, 4.69) is 34.9 Å². The van der Waals surface area contributed by atoms with Crippen molar-refractivity contribution >= 4 is 70.5 Å². The van der Waals surface area contributed by atoms with Gasteiger partial charge in [-0.1, -0.05) is 36.4 Å². The third kappa shape index (κ3) is 6.83. The number of anilines is 2. The summed E-state index contributed by atoms with van der Waals surface area (Å²) in [5.41, 5.74) is 2.33. The molecule has 0 spiro atoms. The quantitative estimate of drug-likeness (QED) is 0.634. The monoisotopic (exact) mass is 260 g/mol. The molecule has 0 atom stereocenters. The minimum absolute atomic E-state index is 0. The van der Waals surface area contributed by atoms with E-state index in [0.29, 0.717) is 0 Å². The van der Waals surface area contributed by atoms with Crippen LogP contribution in [0.2, 0.25) is 0 Å². The van der Waals surface area contributed by atoms with Crippen LogP contribution in [0.4, 0.5) is 11.4 Å². The normalized spacial score (nSPS) is 8.67. The summed E-state index contributed by atoms with van der Waals surface area (Å²) < 4.78 is 0. The van der Waals surface area contributed by atoms with Gasteiger partial charge in [0, 0.05) is 24.5 Å². The molecule has 0 aromatic heterocycles. The van der Waals surface area contributed by atoms with Gasteiger partial charge in [0.15, 0.2) is 0 Å². The summed E-state index contributed by atoms with van der Waals surface area (Å²) in [4.78, 5) is 0. The Hall–Kier alpha value is 0.0400. The van der Waals surface area contributed by atoms with Gasteiger partial charge < -0.3 is 10.6 Å². The van der Waals surface area contributed by atoms with Gasteiger partial charge in [-0.3, -0.25) is 0 Å². The molecule has 86 valence electrons. The second kappa shape index (κ2) is 10.9. The molecule has 0 fully saturated rings. The van der Waals surface area contributed by atoms with Crippen molar-refractivity contribution in [1.82, 2.24) is 0 Å². The summed E-state index contributed by atoms with van der Waals surface area (Å²) in [7, 11) is 0. The Morgan fingerprint density at radius 1 is 0.556 bits per heavy atom. The Morgan fingerprint density at radius 2 is 0.889 bits per heavy atom. The molecule has 0 bridgehead atoms. The molecule has 18 heavy (non-hydrogen) atoms. The summed E-state index contributed by atoms with van der Waals surface area (Å²) in [6, 6.07) is 20.5. The molecular formula is C14H18N2Na2. The van der Waals surface area contributed by atoms with E-state index in [4.69, 9.17) is 0 Å². The van der Waals surface area contributed by atoms with E-state index in [1.165, 1.54) is 0 Å². The van der Waals surface area contributed by atoms with Crippen molar-refractivity contribution in [3.05, 3.63) is 60.7 Å². The van der Waals surface area contributed by atoms with Gasteiger partial charge in [-0.05, 0) is 24.3 Å². The number of para-hydroxylation sites is 2. The third-order valence-electron chi connectivity index (χ3n) is 2.33. The maximum atomic E-state index is 3.35. The summed E-state index contributed by atoms with van der Waals surface area (Å²) in [6.45, 7) is 1.83. The molecule has 4 heteroatoms. The molecule has 2 nitrogen and oxygen atoms in total. The van der Waals surface area contributed by atoms with E-state index < -0.39 is 0 Å². The van der Waals surface area contributed by atoms with Crippen LogP contribution in [-0.4, -0.2) is 72.2 Å². The summed E-state index contributed by atoms with van der Waals surface area (Å²) in [5, 5.41) is 6.70. The van der Waals surface area contributed by atoms with Crippen LogP contribution in [0, 0.1) is 0 Å². The van der Waals surface area contributed by atoms with Gasteiger partial charge in [-0.2, -0.15) is 0 Å². The van der Waals surface area contributed by atoms with Crippen LogP contribution >= 0.6 is 0 Å². The average molecular weight is 260 g/mol. The molecule has 0 amide bonds. The Morgan fingerprint density at radius 3 is 1.22 bits per heavy atom. The number of hydrogen-bond acceptors (Lipinski definition) is 2. The number of rotatable bonds is 5. The standard InChI is InChI=1S/C14H16N2.2Na.2H/c1-3-7-13(8-4-1)15-11-12-16-14-9-5-2-6-10-14;;;;/h1-10,15-16H,11-12H2;;;;. The molecule has 2 aromatic carbocycles.